The molecule has 0 atom stereocenters. The van der Waals surface area contributed by atoms with Gasteiger partial charge in [-0.05, 0) is 79.6 Å². The van der Waals surface area contributed by atoms with Crippen molar-refractivity contribution in [1.82, 2.24) is 4.57 Å². The monoisotopic (exact) mass is 457 g/mol. The SMILES string of the molecule is Cc1ccc(F)c(-n2c(C)ccc2-c2cc(C(F)(F)F)ccc2OCc2ccc(F)cc2)c1. The van der Waals surface area contributed by atoms with E-state index < -0.39 is 23.4 Å². The second-order valence-electron chi connectivity index (χ2n) is 7.77. The Morgan fingerprint density at radius 1 is 0.818 bits per heavy atom. The third-order valence-corrected chi connectivity index (χ3v) is 5.31. The summed E-state index contributed by atoms with van der Waals surface area (Å²) >= 11 is 0. The number of hydrogen-bond donors (Lipinski definition) is 0. The maximum atomic E-state index is 14.7. The first-order valence-electron chi connectivity index (χ1n) is 10.2. The van der Waals surface area contributed by atoms with Crippen LogP contribution in [0.25, 0.3) is 16.9 Å². The molecule has 170 valence electrons. The molecule has 4 rings (SSSR count). The number of benzene rings is 3. The number of hydrogen-bond acceptors (Lipinski definition) is 1. The molecular formula is C26H20F5NO. The van der Waals surface area contributed by atoms with Gasteiger partial charge >= 0.3 is 6.18 Å². The average molecular weight is 457 g/mol. The number of aromatic nitrogens is 1. The Balaban J connectivity index is 1.84. The lowest BCUT2D eigenvalue weighted by Gasteiger charge is -2.18. The van der Waals surface area contributed by atoms with E-state index in [0.717, 1.165) is 17.7 Å². The summed E-state index contributed by atoms with van der Waals surface area (Å²) in [4.78, 5) is 0. The molecule has 3 aromatic carbocycles. The maximum absolute atomic E-state index is 14.7. The highest BCUT2D eigenvalue weighted by Gasteiger charge is 2.32. The van der Waals surface area contributed by atoms with Crippen LogP contribution in [0.4, 0.5) is 22.0 Å². The average Bonchev–Trinajstić information content (AvgIpc) is 3.15. The minimum atomic E-state index is -4.56. The van der Waals surface area contributed by atoms with Crippen molar-refractivity contribution < 1.29 is 26.7 Å². The van der Waals surface area contributed by atoms with E-state index in [1.54, 1.807) is 35.8 Å². The van der Waals surface area contributed by atoms with E-state index in [4.69, 9.17) is 4.74 Å². The molecule has 2 nitrogen and oxygen atoms in total. The Morgan fingerprint density at radius 3 is 2.24 bits per heavy atom. The maximum Gasteiger partial charge on any atom is 0.416 e. The van der Waals surface area contributed by atoms with Gasteiger partial charge in [0.1, 0.15) is 24.0 Å². The topological polar surface area (TPSA) is 14.2 Å². The summed E-state index contributed by atoms with van der Waals surface area (Å²) in [7, 11) is 0. The minimum Gasteiger partial charge on any atom is -0.488 e. The van der Waals surface area contributed by atoms with Gasteiger partial charge in [-0.2, -0.15) is 13.2 Å². The van der Waals surface area contributed by atoms with E-state index in [2.05, 4.69) is 0 Å². The van der Waals surface area contributed by atoms with Crippen molar-refractivity contribution in [1.29, 1.82) is 0 Å². The molecule has 4 aromatic rings. The van der Waals surface area contributed by atoms with Crippen molar-refractivity contribution >= 4 is 0 Å². The Kier molecular flexibility index (Phi) is 5.97. The number of rotatable bonds is 5. The predicted octanol–water partition coefficient (Wildman–Crippen LogP) is 7.64. The Morgan fingerprint density at radius 2 is 1.55 bits per heavy atom. The molecule has 0 N–H and O–H groups in total. The van der Waals surface area contributed by atoms with Crippen LogP contribution >= 0.6 is 0 Å². The fourth-order valence-electron chi connectivity index (χ4n) is 3.64. The predicted molar refractivity (Wildman–Crippen MR) is 116 cm³/mol. The Bertz CT molecular complexity index is 1290. The van der Waals surface area contributed by atoms with Crippen LogP contribution < -0.4 is 4.74 Å². The largest absolute Gasteiger partial charge is 0.488 e. The number of halogens is 5. The fraction of sp³-hybridized carbons (Fsp3) is 0.154. The van der Waals surface area contributed by atoms with Crippen LogP contribution in [0, 0.1) is 25.5 Å². The second-order valence-corrected chi connectivity index (χ2v) is 7.77. The van der Waals surface area contributed by atoms with E-state index in [9.17, 15) is 22.0 Å². The molecule has 0 aliphatic heterocycles. The summed E-state index contributed by atoms with van der Waals surface area (Å²) in [6.45, 7) is 3.58. The third-order valence-electron chi connectivity index (χ3n) is 5.31. The molecule has 0 spiro atoms. The number of alkyl halides is 3. The molecule has 0 aliphatic rings. The fourth-order valence-corrected chi connectivity index (χ4v) is 3.64. The first kappa shape index (κ1) is 22.6. The zero-order chi connectivity index (χ0) is 23.8. The molecule has 0 unspecified atom stereocenters. The van der Waals surface area contributed by atoms with Gasteiger partial charge in [0.05, 0.1) is 16.9 Å². The quantitative estimate of drug-likeness (QED) is 0.281. The summed E-state index contributed by atoms with van der Waals surface area (Å²) in [5, 5.41) is 0. The molecule has 0 radical (unpaired) electrons. The van der Waals surface area contributed by atoms with Crippen molar-refractivity contribution in [3.8, 4) is 22.7 Å². The summed E-state index contributed by atoms with van der Waals surface area (Å²) in [6.07, 6.45) is -4.56. The number of ether oxygens (including phenoxy) is 1. The summed E-state index contributed by atoms with van der Waals surface area (Å²) in [5.74, 6) is -0.705. The van der Waals surface area contributed by atoms with Crippen LogP contribution in [0.5, 0.6) is 5.75 Å². The minimum absolute atomic E-state index is 0.0249. The first-order valence-corrected chi connectivity index (χ1v) is 10.2. The molecule has 0 aliphatic carbocycles. The van der Waals surface area contributed by atoms with Crippen LogP contribution in [0.1, 0.15) is 22.4 Å². The molecule has 7 heteroatoms. The van der Waals surface area contributed by atoms with Gasteiger partial charge in [0.2, 0.25) is 0 Å². The molecular weight excluding hydrogens is 437 g/mol. The summed E-state index contributed by atoms with van der Waals surface area (Å²) < 4.78 is 75.8. The lowest BCUT2D eigenvalue weighted by molar-refractivity contribution is -0.137. The third kappa shape index (κ3) is 4.77. The molecule has 0 bridgehead atoms. The van der Waals surface area contributed by atoms with E-state index in [1.165, 1.54) is 36.4 Å². The van der Waals surface area contributed by atoms with Crippen molar-refractivity contribution in [2.45, 2.75) is 26.6 Å². The standard InChI is InChI=1S/C26H20F5NO/c1-16-3-10-22(28)24(13-16)32-17(2)4-11-23(32)21-14-19(26(29,30)31)7-12-25(21)33-15-18-5-8-20(27)9-6-18/h3-14H,15H2,1-2H3. The van der Waals surface area contributed by atoms with Crippen LogP contribution in [0.15, 0.2) is 72.8 Å². The smallest absolute Gasteiger partial charge is 0.416 e. The van der Waals surface area contributed by atoms with Crippen LogP contribution in [0.2, 0.25) is 0 Å². The first-order chi connectivity index (χ1) is 15.6. The number of nitrogens with zero attached hydrogens (tertiary/aromatic N) is 1. The highest BCUT2D eigenvalue weighted by molar-refractivity contribution is 5.72. The van der Waals surface area contributed by atoms with Crippen molar-refractivity contribution in [2.75, 3.05) is 0 Å². The highest BCUT2D eigenvalue weighted by atomic mass is 19.4. The summed E-state index contributed by atoms with van der Waals surface area (Å²) in [6, 6.07) is 16.8. The normalized spacial score (nSPS) is 11.6. The van der Waals surface area contributed by atoms with Crippen LogP contribution in [0.3, 0.4) is 0 Å². The van der Waals surface area contributed by atoms with Crippen LogP contribution in [-0.2, 0) is 12.8 Å². The lowest BCUT2D eigenvalue weighted by atomic mass is 10.1. The Labute approximate surface area is 187 Å². The molecule has 33 heavy (non-hydrogen) atoms. The van der Waals surface area contributed by atoms with Crippen LogP contribution in [-0.4, -0.2) is 4.57 Å². The van der Waals surface area contributed by atoms with Gasteiger partial charge in [-0.15, -0.1) is 0 Å². The van der Waals surface area contributed by atoms with Gasteiger partial charge in [-0.3, -0.25) is 0 Å². The highest BCUT2D eigenvalue weighted by Crippen LogP contribution is 2.39. The zero-order valence-corrected chi connectivity index (χ0v) is 17.9. The van der Waals surface area contributed by atoms with Gasteiger partial charge in [0, 0.05) is 11.3 Å². The molecule has 0 amide bonds. The molecule has 0 saturated carbocycles. The Hall–Kier alpha value is -3.61. The van der Waals surface area contributed by atoms with E-state index in [-0.39, 0.29) is 23.6 Å². The van der Waals surface area contributed by atoms with Gasteiger partial charge in [0.15, 0.2) is 0 Å². The molecule has 1 heterocycles. The second kappa shape index (κ2) is 8.73. The van der Waals surface area contributed by atoms with Gasteiger partial charge in [0.25, 0.3) is 0 Å². The van der Waals surface area contributed by atoms with Gasteiger partial charge in [-0.1, -0.05) is 18.2 Å². The molecule has 0 fully saturated rings. The molecule has 0 saturated heterocycles. The van der Waals surface area contributed by atoms with Crippen molar-refractivity contribution in [3.63, 3.8) is 0 Å². The van der Waals surface area contributed by atoms with E-state index in [0.29, 0.717) is 17.0 Å². The van der Waals surface area contributed by atoms with Crippen molar-refractivity contribution in [3.05, 3.63) is 107 Å². The zero-order valence-electron chi connectivity index (χ0n) is 17.9. The van der Waals surface area contributed by atoms with Crippen molar-refractivity contribution in [2.24, 2.45) is 0 Å². The lowest BCUT2D eigenvalue weighted by Crippen LogP contribution is -2.08. The molecule has 1 aromatic heterocycles. The number of aryl methyl sites for hydroxylation is 2. The van der Waals surface area contributed by atoms with Gasteiger partial charge < -0.3 is 9.30 Å². The van der Waals surface area contributed by atoms with E-state index in [1.807, 2.05) is 6.92 Å². The summed E-state index contributed by atoms with van der Waals surface area (Å²) in [5.41, 5.74) is 2.02. The van der Waals surface area contributed by atoms with E-state index >= 15 is 0 Å². The van der Waals surface area contributed by atoms with Gasteiger partial charge in [-0.25, -0.2) is 8.78 Å².